The third-order valence-electron chi connectivity index (χ3n) is 3.56. The first-order valence-corrected chi connectivity index (χ1v) is 7.35. The van der Waals surface area contributed by atoms with Gasteiger partial charge >= 0.3 is 0 Å². The fraction of sp³-hybridized carbons (Fsp3) is 0.333. The van der Waals surface area contributed by atoms with E-state index < -0.39 is 0 Å². The van der Waals surface area contributed by atoms with Crippen LogP contribution in [0, 0.1) is 5.82 Å². The van der Waals surface area contributed by atoms with Crippen molar-refractivity contribution in [3.05, 3.63) is 53.8 Å². The first-order chi connectivity index (χ1) is 10.2. The molecule has 112 valence electrons. The van der Waals surface area contributed by atoms with Crippen molar-refractivity contribution in [2.75, 3.05) is 13.7 Å². The zero-order chi connectivity index (χ0) is 15.2. The maximum atomic E-state index is 14.1. The van der Waals surface area contributed by atoms with Crippen LogP contribution >= 0.6 is 0 Å². The van der Waals surface area contributed by atoms with E-state index >= 15 is 0 Å². The van der Waals surface area contributed by atoms with Crippen molar-refractivity contribution >= 4 is 0 Å². The smallest absolute Gasteiger partial charge is 0.131 e. The van der Waals surface area contributed by atoms with Crippen LogP contribution in [0.3, 0.4) is 0 Å². The van der Waals surface area contributed by atoms with Gasteiger partial charge in [0.25, 0.3) is 0 Å². The first kappa shape index (κ1) is 15.5. The molecule has 2 nitrogen and oxygen atoms in total. The van der Waals surface area contributed by atoms with E-state index in [9.17, 15) is 4.39 Å². The Kier molecular flexibility index (Phi) is 5.34. The molecule has 0 spiro atoms. The van der Waals surface area contributed by atoms with Crippen molar-refractivity contribution in [3.8, 4) is 16.9 Å². The Morgan fingerprint density at radius 1 is 1.14 bits per heavy atom. The van der Waals surface area contributed by atoms with Gasteiger partial charge in [-0.15, -0.1) is 0 Å². The van der Waals surface area contributed by atoms with Gasteiger partial charge in [0.1, 0.15) is 11.6 Å². The Hall–Kier alpha value is -1.87. The maximum absolute atomic E-state index is 14.1. The SMILES string of the molecule is CCCOc1ccc(-c2cc(C(C)NC)ccc2F)cc1. The second-order valence-corrected chi connectivity index (χ2v) is 5.12. The van der Waals surface area contributed by atoms with E-state index in [1.807, 2.05) is 43.4 Å². The van der Waals surface area contributed by atoms with Gasteiger partial charge in [0.05, 0.1) is 6.61 Å². The minimum absolute atomic E-state index is 0.191. The van der Waals surface area contributed by atoms with Crippen molar-refractivity contribution in [1.29, 1.82) is 0 Å². The standard InChI is InChI=1S/C18H22FNO/c1-4-11-21-16-8-5-14(6-9-16)17-12-15(13(2)20-3)7-10-18(17)19/h5-10,12-13,20H,4,11H2,1-3H3. The van der Waals surface area contributed by atoms with Crippen LogP contribution in [0.4, 0.5) is 4.39 Å². The lowest BCUT2D eigenvalue weighted by atomic mass is 9.99. The molecule has 0 saturated heterocycles. The second kappa shape index (κ2) is 7.23. The molecule has 0 radical (unpaired) electrons. The minimum atomic E-state index is -0.204. The Morgan fingerprint density at radius 2 is 1.86 bits per heavy atom. The molecule has 1 unspecified atom stereocenters. The maximum Gasteiger partial charge on any atom is 0.131 e. The number of halogens is 1. The second-order valence-electron chi connectivity index (χ2n) is 5.12. The van der Waals surface area contributed by atoms with Crippen molar-refractivity contribution in [3.63, 3.8) is 0 Å². The molecular formula is C18H22FNO. The van der Waals surface area contributed by atoms with E-state index in [4.69, 9.17) is 4.74 Å². The lowest BCUT2D eigenvalue weighted by Gasteiger charge is -2.13. The van der Waals surface area contributed by atoms with E-state index in [1.54, 1.807) is 0 Å². The Labute approximate surface area is 126 Å². The number of rotatable bonds is 6. The summed E-state index contributed by atoms with van der Waals surface area (Å²) in [5.41, 5.74) is 2.55. The molecule has 1 N–H and O–H groups in total. The van der Waals surface area contributed by atoms with Crippen LogP contribution in [-0.4, -0.2) is 13.7 Å². The molecule has 2 rings (SSSR count). The molecule has 3 heteroatoms. The van der Waals surface area contributed by atoms with Crippen molar-refractivity contribution in [2.45, 2.75) is 26.3 Å². The van der Waals surface area contributed by atoms with E-state index in [1.165, 1.54) is 6.07 Å². The van der Waals surface area contributed by atoms with Gasteiger partial charge in [0, 0.05) is 11.6 Å². The third kappa shape index (κ3) is 3.82. The van der Waals surface area contributed by atoms with Gasteiger partial charge in [-0.1, -0.05) is 25.1 Å². The molecule has 0 aliphatic carbocycles. The molecule has 0 amide bonds. The highest BCUT2D eigenvalue weighted by atomic mass is 19.1. The van der Waals surface area contributed by atoms with Crippen LogP contribution in [0.25, 0.3) is 11.1 Å². The van der Waals surface area contributed by atoms with Gasteiger partial charge in [-0.25, -0.2) is 4.39 Å². The summed E-state index contributed by atoms with van der Waals surface area (Å²) in [6.07, 6.45) is 0.973. The average Bonchev–Trinajstić information content (AvgIpc) is 2.53. The summed E-state index contributed by atoms with van der Waals surface area (Å²) < 4.78 is 19.6. The summed E-state index contributed by atoms with van der Waals surface area (Å²) in [7, 11) is 1.90. The summed E-state index contributed by atoms with van der Waals surface area (Å²) in [5, 5.41) is 3.17. The highest BCUT2D eigenvalue weighted by molar-refractivity contribution is 5.65. The highest BCUT2D eigenvalue weighted by Crippen LogP contribution is 2.28. The van der Waals surface area contributed by atoms with Crippen LogP contribution in [0.2, 0.25) is 0 Å². The van der Waals surface area contributed by atoms with Gasteiger partial charge < -0.3 is 10.1 Å². The van der Waals surface area contributed by atoms with E-state index in [0.29, 0.717) is 12.2 Å². The summed E-state index contributed by atoms with van der Waals surface area (Å²) in [5.74, 6) is 0.616. The zero-order valence-electron chi connectivity index (χ0n) is 12.8. The molecule has 0 saturated carbocycles. The molecule has 0 aromatic heterocycles. The van der Waals surface area contributed by atoms with Crippen LogP contribution in [0.1, 0.15) is 31.9 Å². The van der Waals surface area contributed by atoms with E-state index in [0.717, 1.165) is 23.3 Å². The number of nitrogens with one attached hydrogen (secondary N) is 1. The molecule has 0 heterocycles. The molecule has 2 aromatic carbocycles. The van der Waals surface area contributed by atoms with Crippen molar-refractivity contribution in [2.24, 2.45) is 0 Å². The monoisotopic (exact) mass is 287 g/mol. The molecular weight excluding hydrogens is 265 g/mol. The summed E-state index contributed by atoms with van der Waals surface area (Å²) >= 11 is 0. The van der Waals surface area contributed by atoms with Gasteiger partial charge in [0.15, 0.2) is 0 Å². The number of hydrogen-bond donors (Lipinski definition) is 1. The molecule has 0 bridgehead atoms. The van der Waals surface area contributed by atoms with Crippen LogP contribution < -0.4 is 10.1 Å². The molecule has 0 fully saturated rings. The predicted molar refractivity (Wildman–Crippen MR) is 85.1 cm³/mol. The largest absolute Gasteiger partial charge is 0.494 e. The third-order valence-corrected chi connectivity index (χ3v) is 3.56. The number of ether oxygens (including phenoxy) is 1. The average molecular weight is 287 g/mol. The van der Waals surface area contributed by atoms with Gasteiger partial charge in [-0.3, -0.25) is 0 Å². The van der Waals surface area contributed by atoms with Gasteiger partial charge in [0.2, 0.25) is 0 Å². The lowest BCUT2D eigenvalue weighted by Crippen LogP contribution is -2.12. The van der Waals surface area contributed by atoms with Crippen molar-refractivity contribution in [1.82, 2.24) is 5.32 Å². The van der Waals surface area contributed by atoms with E-state index in [2.05, 4.69) is 19.2 Å². The predicted octanol–water partition coefficient (Wildman–Crippen LogP) is 4.56. The van der Waals surface area contributed by atoms with Gasteiger partial charge in [-0.2, -0.15) is 0 Å². The number of benzene rings is 2. The van der Waals surface area contributed by atoms with Crippen molar-refractivity contribution < 1.29 is 9.13 Å². The Bertz CT molecular complexity index is 580. The summed E-state index contributed by atoms with van der Waals surface area (Å²) in [6.45, 7) is 4.82. The zero-order valence-corrected chi connectivity index (χ0v) is 12.8. The van der Waals surface area contributed by atoms with Crippen LogP contribution in [-0.2, 0) is 0 Å². The van der Waals surface area contributed by atoms with Crippen LogP contribution in [0.5, 0.6) is 5.75 Å². The van der Waals surface area contributed by atoms with Gasteiger partial charge in [-0.05, 0) is 55.8 Å². The fourth-order valence-corrected chi connectivity index (χ4v) is 2.15. The van der Waals surface area contributed by atoms with Crippen LogP contribution in [0.15, 0.2) is 42.5 Å². The Morgan fingerprint density at radius 3 is 2.48 bits per heavy atom. The fourth-order valence-electron chi connectivity index (χ4n) is 2.15. The Balaban J connectivity index is 2.28. The summed E-state index contributed by atoms with van der Waals surface area (Å²) in [4.78, 5) is 0. The lowest BCUT2D eigenvalue weighted by molar-refractivity contribution is 0.317. The molecule has 0 aliphatic heterocycles. The highest BCUT2D eigenvalue weighted by Gasteiger charge is 2.09. The quantitative estimate of drug-likeness (QED) is 0.840. The topological polar surface area (TPSA) is 21.3 Å². The molecule has 1 atom stereocenters. The molecule has 0 aliphatic rings. The molecule has 21 heavy (non-hydrogen) atoms. The number of hydrogen-bond acceptors (Lipinski definition) is 2. The molecule has 2 aromatic rings. The minimum Gasteiger partial charge on any atom is -0.494 e. The first-order valence-electron chi connectivity index (χ1n) is 7.35. The summed E-state index contributed by atoms with van der Waals surface area (Å²) in [6, 6.07) is 13.0. The van der Waals surface area contributed by atoms with E-state index in [-0.39, 0.29) is 11.9 Å². The normalized spacial score (nSPS) is 12.2.